The Hall–Kier alpha value is -3.36. The van der Waals surface area contributed by atoms with Crippen molar-refractivity contribution in [1.82, 2.24) is 25.2 Å². The number of carbonyl (C=O) groups is 2. The number of fused-ring (bicyclic) bond motifs is 1. The molecular formula is C21H25N7O2. The summed E-state index contributed by atoms with van der Waals surface area (Å²) in [4.78, 5) is 28.7. The largest absolute Gasteiger partial charge is 0.367 e. The summed E-state index contributed by atoms with van der Waals surface area (Å²) in [6.07, 6.45) is 8.41. The molecule has 0 aromatic carbocycles. The Labute approximate surface area is 174 Å². The predicted molar refractivity (Wildman–Crippen MR) is 114 cm³/mol. The molecule has 0 spiro atoms. The van der Waals surface area contributed by atoms with E-state index in [0.29, 0.717) is 29.1 Å². The number of nitrogens with zero attached hydrogens (tertiary/aromatic N) is 3. The fraction of sp³-hybridized carbons (Fsp3) is 0.429. The molecule has 4 N–H and O–H groups in total. The average molecular weight is 407 g/mol. The standard InChI is InChI=1S/C21H25N7O2/c1-11(13-3-4-13)24-21(30)27-17-9-18(25-16-5-6-16)28-20(26-17)15(10-22-28)7-14-8-19(29)23-12(14)2/h7,9-11,13,16,25H,2-6,8H2,1H3,(H,23,29)(H2,24,26,27,30)/b14-7+/t11-/m1/s1. The third kappa shape index (κ3) is 3.87. The van der Waals surface area contributed by atoms with Crippen LogP contribution in [0.3, 0.4) is 0 Å². The molecule has 0 bridgehead atoms. The lowest BCUT2D eigenvalue weighted by atomic mass is 10.1. The molecule has 30 heavy (non-hydrogen) atoms. The van der Waals surface area contributed by atoms with Gasteiger partial charge in [0.25, 0.3) is 0 Å². The molecule has 0 radical (unpaired) electrons. The number of rotatable bonds is 6. The van der Waals surface area contributed by atoms with Crippen LogP contribution in [0.25, 0.3) is 11.7 Å². The Morgan fingerprint density at radius 3 is 2.83 bits per heavy atom. The summed E-state index contributed by atoms with van der Waals surface area (Å²) in [5, 5.41) is 16.5. The second kappa shape index (κ2) is 7.16. The van der Waals surface area contributed by atoms with Gasteiger partial charge in [-0.15, -0.1) is 0 Å². The number of carbonyl (C=O) groups excluding carboxylic acids is 2. The maximum atomic E-state index is 12.4. The van der Waals surface area contributed by atoms with E-state index in [1.165, 1.54) is 0 Å². The molecule has 3 heterocycles. The predicted octanol–water partition coefficient (Wildman–Crippen LogP) is 2.64. The first kappa shape index (κ1) is 18.7. The molecule has 1 saturated heterocycles. The van der Waals surface area contributed by atoms with E-state index in [4.69, 9.17) is 0 Å². The summed E-state index contributed by atoms with van der Waals surface area (Å²) < 4.78 is 1.73. The highest BCUT2D eigenvalue weighted by molar-refractivity contribution is 5.91. The molecule has 9 nitrogen and oxygen atoms in total. The monoisotopic (exact) mass is 407 g/mol. The highest BCUT2D eigenvalue weighted by Crippen LogP contribution is 2.32. The van der Waals surface area contributed by atoms with Crippen LogP contribution < -0.4 is 21.3 Å². The molecule has 0 unspecified atom stereocenters. The lowest BCUT2D eigenvalue weighted by Crippen LogP contribution is -2.37. The molecule has 2 aromatic heterocycles. The fourth-order valence-corrected chi connectivity index (χ4v) is 3.66. The van der Waals surface area contributed by atoms with Gasteiger partial charge in [0.05, 0.1) is 12.6 Å². The van der Waals surface area contributed by atoms with Crippen LogP contribution in [0.2, 0.25) is 0 Å². The zero-order chi connectivity index (χ0) is 20.8. The number of anilines is 2. The Balaban J connectivity index is 1.46. The molecular weight excluding hydrogens is 382 g/mol. The number of nitrogens with one attached hydrogen (secondary N) is 4. The molecule has 3 fully saturated rings. The fourth-order valence-electron chi connectivity index (χ4n) is 3.66. The molecule has 3 amide bonds. The zero-order valence-corrected chi connectivity index (χ0v) is 16.9. The molecule has 9 heteroatoms. The number of hydrogen-bond acceptors (Lipinski definition) is 5. The van der Waals surface area contributed by atoms with Crippen molar-refractivity contribution in [3.63, 3.8) is 0 Å². The first-order chi connectivity index (χ1) is 14.5. The molecule has 1 aliphatic heterocycles. The number of urea groups is 1. The third-order valence-corrected chi connectivity index (χ3v) is 5.72. The minimum absolute atomic E-state index is 0.0735. The summed E-state index contributed by atoms with van der Waals surface area (Å²) in [5.74, 6) is 1.72. The molecule has 1 atom stereocenters. The van der Waals surface area contributed by atoms with Crippen LogP contribution in [0.15, 0.2) is 30.1 Å². The summed E-state index contributed by atoms with van der Waals surface area (Å²) in [6.45, 7) is 5.92. The van der Waals surface area contributed by atoms with E-state index in [1.54, 1.807) is 16.8 Å². The van der Waals surface area contributed by atoms with E-state index in [-0.39, 0.29) is 24.4 Å². The zero-order valence-electron chi connectivity index (χ0n) is 16.9. The van der Waals surface area contributed by atoms with Crippen LogP contribution in [0, 0.1) is 5.92 Å². The van der Waals surface area contributed by atoms with Gasteiger partial charge in [0.2, 0.25) is 5.91 Å². The lowest BCUT2D eigenvalue weighted by molar-refractivity contribution is -0.118. The highest BCUT2D eigenvalue weighted by Gasteiger charge is 2.29. The van der Waals surface area contributed by atoms with E-state index < -0.39 is 0 Å². The summed E-state index contributed by atoms with van der Waals surface area (Å²) in [5.41, 5.74) is 2.77. The molecule has 2 aliphatic carbocycles. The van der Waals surface area contributed by atoms with Crippen LogP contribution in [0.1, 0.15) is 44.6 Å². The van der Waals surface area contributed by atoms with Gasteiger partial charge in [0.15, 0.2) is 5.65 Å². The Bertz CT molecular complexity index is 1080. The lowest BCUT2D eigenvalue weighted by Gasteiger charge is -2.14. The van der Waals surface area contributed by atoms with E-state index >= 15 is 0 Å². The number of amides is 3. The molecule has 5 rings (SSSR count). The molecule has 2 aromatic rings. The van der Waals surface area contributed by atoms with Gasteiger partial charge in [0, 0.05) is 29.4 Å². The SMILES string of the molecule is C=C1NC(=O)C/C1=C\c1cnn2c(NC3CC3)cc(NC(=O)N[C@H](C)C3CC3)nc12. The molecule has 2 saturated carbocycles. The summed E-state index contributed by atoms with van der Waals surface area (Å²) in [7, 11) is 0. The number of hydrogen-bond donors (Lipinski definition) is 4. The first-order valence-electron chi connectivity index (χ1n) is 10.4. The summed E-state index contributed by atoms with van der Waals surface area (Å²) >= 11 is 0. The van der Waals surface area contributed by atoms with Gasteiger partial charge >= 0.3 is 6.03 Å². The van der Waals surface area contributed by atoms with Crippen molar-refractivity contribution in [1.29, 1.82) is 0 Å². The van der Waals surface area contributed by atoms with Crippen molar-refractivity contribution in [3.8, 4) is 0 Å². The normalized spacial score (nSPS) is 21.0. The van der Waals surface area contributed by atoms with Crippen molar-refractivity contribution in [2.45, 2.75) is 51.1 Å². The van der Waals surface area contributed by atoms with E-state index in [0.717, 1.165) is 42.6 Å². The maximum Gasteiger partial charge on any atom is 0.320 e. The van der Waals surface area contributed by atoms with Crippen molar-refractivity contribution < 1.29 is 9.59 Å². The third-order valence-electron chi connectivity index (χ3n) is 5.72. The topological polar surface area (TPSA) is 112 Å². The van der Waals surface area contributed by atoms with Crippen molar-refractivity contribution in [2.75, 3.05) is 10.6 Å². The minimum atomic E-state index is -0.262. The smallest absolute Gasteiger partial charge is 0.320 e. The maximum absolute atomic E-state index is 12.4. The second-order valence-corrected chi connectivity index (χ2v) is 8.38. The quantitative estimate of drug-likeness (QED) is 0.588. The number of allylic oxidation sites excluding steroid dienone is 1. The highest BCUT2D eigenvalue weighted by atomic mass is 16.2. The van der Waals surface area contributed by atoms with E-state index in [9.17, 15) is 9.59 Å². The van der Waals surface area contributed by atoms with Gasteiger partial charge in [-0.25, -0.2) is 9.78 Å². The van der Waals surface area contributed by atoms with Gasteiger partial charge in [-0.05, 0) is 50.2 Å². The van der Waals surface area contributed by atoms with Crippen LogP contribution in [-0.4, -0.2) is 38.6 Å². The van der Waals surface area contributed by atoms with Gasteiger partial charge in [-0.1, -0.05) is 6.58 Å². The van der Waals surface area contributed by atoms with Crippen LogP contribution >= 0.6 is 0 Å². The first-order valence-corrected chi connectivity index (χ1v) is 10.4. The minimum Gasteiger partial charge on any atom is -0.367 e. The van der Waals surface area contributed by atoms with Crippen molar-refractivity contribution in [2.24, 2.45) is 5.92 Å². The van der Waals surface area contributed by atoms with Crippen LogP contribution in [-0.2, 0) is 4.79 Å². The van der Waals surface area contributed by atoms with Crippen LogP contribution in [0.4, 0.5) is 16.4 Å². The van der Waals surface area contributed by atoms with Gasteiger partial charge < -0.3 is 16.0 Å². The Morgan fingerprint density at radius 1 is 1.37 bits per heavy atom. The Morgan fingerprint density at radius 2 is 2.17 bits per heavy atom. The van der Waals surface area contributed by atoms with Crippen molar-refractivity contribution in [3.05, 3.63) is 35.7 Å². The molecule has 156 valence electrons. The molecule has 3 aliphatic rings. The average Bonchev–Trinajstić information content (AvgIpc) is 3.60. The number of aromatic nitrogens is 3. The van der Waals surface area contributed by atoms with Gasteiger partial charge in [0.1, 0.15) is 11.6 Å². The van der Waals surface area contributed by atoms with E-state index in [1.807, 2.05) is 13.0 Å². The van der Waals surface area contributed by atoms with Crippen LogP contribution in [0.5, 0.6) is 0 Å². The second-order valence-electron chi connectivity index (χ2n) is 8.38. The van der Waals surface area contributed by atoms with Gasteiger partial charge in [-0.3, -0.25) is 10.1 Å². The summed E-state index contributed by atoms with van der Waals surface area (Å²) in [6, 6.07) is 2.10. The van der Waals surface area contributed by atoms with Crippen molar-refractivity contribution >= 4 is 35.3 Å². The van der Waals surface area contributed by atoms with Gasteiger partial charge in [-0.2, -0.15) is 9.61 Å². The Kier molecular flexibility index (Phi) is 4.45. The van der Waals surface area contributed by atoms with E-state index in [2.05, 4.69) is 37.9 Å².